The Labute approximate surface area is 126 Å². The number of thioether (sulfide) groups is 1. The molecule has 0 heterocycles. The molecule has 0 spiro atoms. The second-order valence-electron chi connectivity index (χ2n) is 4.77. The van der Waals surface area contributed by atoms with Crippen molar-refractivity contribution < 1.29 is 9.31 Å². The first kappa shape index (κ1) is 15.4. The predicted molar refractivity (Wildman–Crippen MR) is 81.2 cm³/mol. The Balaban J connectivity index is 2.13. The molecule has 0 saturated heterocycles. The van der Waals surface area contributed by atoms with Crippen molar-refractivity contribution in [2.24, 2.45) is 0 Å². The summed E-state index contributed by atoms with van der Waals surface area (Å²) in [5, 5.41) is 14.4. The number of hydrogen-bond acceptors (Lipinski definition) is 4. The van der Waals surface area contributed by atoms with Gasteiger partial charge in [0.15, 0.2) is 0 Å². The topological polar surface area (TPSA) is 55.2 Å². The molecule has 1 fully saturated rings. The Morgan fingerprint density at radius 1 is 1.55 bits per heavy atom. The minimum absolute atomic E-state index is 0.151. The maximum Gasteiger partial charge on any atom is 0.294 e. The molecular weight excluding hydrogens is 303 g/mol. The van der Waals surface area contributed by atoms with Crippen LogP contribution in [0.1, 0.15) is 26.2 Å². The van der Waals surface area contributed by atoms with E-state index in [4.69, 9.17) is 11.6 Å². The molecule has 1 aromatic rings. The Hall–Kier alpha value is -1.01. The van der Waals surface area contributed by atoms with Gasteiger partial charge in [-0.05, 0) is 25.0 Å². The van der Waals surface area contributed by atoms with Gasteiger partial charge in [0.05, 0.1) is 9.95 Å². The van der Waals surface area contributed by atoms with E-state index in [0.29, 0.717) is 5.25 Å². The van der Waals surface area contributed by atoms with Crippen LogP contribution < -0.4 is 5.32 Å². The number of anilines is 1. The zero-order valence-corrected chi connectivity index (χ0v) is 12.6. The summed E-state index contributed by atoms with van der Waals surface area (Å²) in [5.41, 5.74) is 0.0343. The second kappa shape index (κ2) is 6.63. The Bertz CT molecular complexity index is 515. The maximum atomic E-state index is 13.5. The molecule has 7 heteroatoms. The Morgan fingerprint density at radius 3 is 2.95 bits per heavy atom. The molecular formula is C13H16ClFN2O2S. The minimum atomic E-state index is -0.641. The van der Waals surface area contributed by atoms with Gasteiger partial charge in [0.25, 0.3) is 5.69 Å². The molecule has 0 bridgehead atoms. The molecule has 1 aromatic carbocycles. The number of benzene rings is 1. The molecule has 1 aliphatic rings. The van der Waals surface area contributed by atoms with E-state index in [1.165, 1.54) is 0 Å². The van der Waals surface area contributed by atoms with Crippen molar-refractivity contribution in [3.63, 3.8) is 0 Å². The first-order valence-electron chi connectivity index (χ1n) is 6.52. The van der Waals surface area contributed by atoms with Crippen LogP contribution in [-0.2, 0) is 0 Å². The summed E-state index contributed by atoms with van der Waals surface area (Å²) >= 11 is 7.50. The van der Waals surface area contributed by atoms with Gasteiger partial charge in [0, 0.05) is 23.4 Å². The van der Waals surface area contributed by atoms with E-state index in [-0.39, 0.29) is 22.4 Å². The van der Waals surface area contributed by atoms with Crippen molar-refractivity contribution in [2.75, 3.05) is 11.1 Å². The fraction of sp³-hybridized carbons (Fsp3) is 0.538. The van der Waals surface area contributed by atoms with E-state index in [9.17, 15) is 14.5 Å². The van der Waals surface area contributed by atoms with Crippen LogP contribution in [0.15, 0.2) is 12.1 Å². The lowest BCUT2D eigenvalue weighted by Gasteiger charge is -2.15. The van der Waals surface area contributed by atoms with Crippen LogP contribution in [0.5, 0.6) is 0 Å². The molecule has 0 radical (unpaired) electrons. The SMILES string of the molecule is CCSC1CCC(Nc2cc(F)c(Cl)cc2[N+](=O)[O-])C1. The number of rotatable bonds is 5. The number of halogens is 2. The van der Waals surface area contributed by atoms with Gasteiger partial charge >= 0.3 is 0 Å². The number of nitro groups is 1. The minimum Gasteiger partial charge on any atom is -0.377 e. The number of nitrogens with zero attached hydrogens (tertiary/aromatic N) is 1. The summed E-state index contributed by atoms with van der Waals surface area (Å²) in [6.07, 6.45) is 2.97. The summed E-state index contributed by atoms with van der Waals surface area (Å²) in [6.45, 7) is 2.12. The highest BCUT2D eigenvalue weighted by Crippen LogP contribution is 2.35. The zero-order chi connectivity index (χ0) is 14.7. The molecule has 4 nitrogen and oxygen atoms in total. The van der Waals surface area contributed by atoms with Crippen molar-refractivity contribution in [1.82, 2.24) is 0 Å². The molecule has 2 unspecified atom stereocenters. The largest absolute Gasteiger partial charge is 0.377 e. The highest BCUT2D eigenvalue weighted by molar-refractivity contribution is 7.99. The van der Waals surface area contributed by atoms with Crippen LogP contribution in [0, 0.1) is 15.9 Å². The van der Waals surface area contributed by atoms with Crippen molar-refractivity contribution >= 4 is 34.7 Å². The van der Waals surface area contributed by atoms with Crippen LogP contribution >= 0.6 is 23.4 Å². The fourth-order valence-electron chi connectivity index (χ4n) is 2.48. The van der Waals surface area contributed by atoms with Crippen molar-refractivity contribution in [3.05, 3.63) is 33.1 Å². The fourth-order valence-corrected chi connectivity index (χ4v) is 3.78. The van der Waals surface area contributed by atoms with Gasteiger partial charge in [0.2, 0.25) is 0 Å². The highest BCUT2D eigenvalue weighted by atomic mass is 35.5. The third-order valence-electron chi connectivity index (χ3n) is 3.38. The van der Waals surface area contributed by atoms with Crippen molar-refractivity contribution in [1.29, 1.82) is 0 Å². The van der Waals surface area contributed by atoms with Gasteiger partial charge in [-0.2, -0.15) is 11.8 Å². The molecule has 110 valence electrons. The zero-order valence-electron chi connectivity index (χ0n) is 11.1. The van der Waals surface area contributed by atoms with Gasteiger partial charge in [-0.15, -0.1) is 0 Å². The lowest BCUT2D eigenvalue weighted by atomic mass is 10.2. The van der Waals surface area contributed by atoms with Crippen LogP contribution in [0.2, 0.25) is 5.02 Å². The second-order valence-corrected chi connectivity index (χ2v) is 6.76. The van der Waals surface area contributed by atoms with Crippen LogP contribution in [0.25, 0.3) is 0 Å². The molecule has 2 rings (SSSR count). The standard InChI is InChI=1S/C13H16ClFN2O2S/c1-2-20-9-4-3-8(5-9)16-12-7-11(15)10(14)6-13(12)17(18)19/h6-9,16H,2-5H2,1H3. The number of hydrogen-bond donors (Lipinski definition) is 1. The molecule has 0 aromatic heterocycles. The van der Waals surface area contributed by atoms with Gasteiger partial charge in [0.1, 0.15) is 11.5 Å². The van der Waals surface area contributed by atoms with E-state index in [1.807, 2.05) is 11.8 Å². The van der Waals surface area contributed by atoms with E-state index in [0.717, 1.165) is 37.1 Å². The molecule has 0 aliphatic heterocycles. The van der Waals surface area contributed by atoms with Gasteiger partial charge in [-0.3, -0.25) is 10.1 Å². The summed E-state index contributed by atoms with van der Waals surface area (Å²) in [4.78, 5) is 10.5. The quantitative estimate of drug-likeness (QED) is 0.642. The number of nitro benzene ring substituents is 1. The summed E-state index contributed by atoms with van der Waals surface area (Å²) in [6, 6.07) is 2.33. The highest BCUT2D eigenvalue weighted by Gasteiger charge is 2.27. The number of nitrogens with one attached hydrogen (secondary N) is 1. The first-order valence-corrected chi connectivity index (χ1v) is 7.95. The van der Waals surface area contributed by atoms with Gasteiger partial charge < -0.3 is 5.32 Å². The lowest BCUT2D eigenvalue weighted by Crippen LogP contribution is -2.17. The normalized spacial score (nSPS) is 21.9. The van der Waals surface area contributed by atoms with E-state index in [1.54, 1.807) is 0 Å². The average molecular weight is 319 g/mol. The average Bonchev–Trinajstić information content (AvgIpc) is 2.81. The molecule has 1 N–H and O–H groups in total. The summed E-state index contributed by atoms with van der Waals surface area (Å²) in [7, 11) is 0. The van der Waals surface area contributed by atoms with E-state index >= 15 is 0 Å². The van der Waals surface area contributed by atoms with E-state index < -0.39 is 10.7 Å². The first-order chi connectivity index (χ1) is 9.51. The maximum absolute atomic E-state index is 13.5. The molecule has 1 saturated carbocycles. The Kier molecular flexibility index (Phi) is 5.10. The van der Waals surface area contributed by atoms with Crippen LogP contribution in [0.3, 0.4) is 0 Å². The van der Waals surface area contributed by atoms with Crippen molar-refractivity contribution in [2.45, 2.75) is 37.5 Å². The van der Waals surface area contributed by atoms with E-state index in [2.05, 4.69) is 12.2 Å². The molecule has 2 atom stereocenters. The smallest absolute Gasteiger partial charge is 0.294 e. The van der Waals surface area contributed by atoms with Gasteiger partial charge in [-0.1, -0.05) is 18.5 Å². The molecule has 20 heavy (non-hydrogen) atoms. The lowest BCUT2D eigenvalue weighted by molar-refractivity contribution is -0.384. The monoisotopic (exact) mass is 318 g/mol. The van der Waals surface area contributed by atoms with Crippen LogP contribution in [0.4, 0.5) is 15.8 Å². The summed E-state index contributed by atoms with van der Waals surface area (Å²) in [5.74, 6) is 0.421. The summed E-state index contributed by atoms with van der Waals surface area (Å²) < 4.78 is 13.5. The third kappa shape index (κ3) is 3.55. The van der Waals surface area contributed by atoms with Gasteiger partial charge in [-0.25, -0.2) is 4.39 Å². The third-order valence-corrected chi connectivity index (χ3v) is 4.90. The Morgan fingerprint density at radius 2 is 2.30 bits per heavy atom. The van der Waals surface area contributed by atoms with Crippen molar-refractivity contribution in [3.8, 4) is 0 Å². The molecule has 0 amide bonds. The molecule has 1 aliphatic carbocycles. The predicted octanol–water partition coefficient (Wildman–Crippen LogP) is 4.47. The van der Waals surface area contributed by atoms with Crippen LogP contribution in [-0.4, -0.2) is 22.0 Å².